The molecular formula is C20H33N5O2. The molecule has 2 aliphatic rings. The first-order valence-electron chi connectivity index (χ1n) is 10.2. The fourth-order valence-corrected chi connectivity index (χ4v) is 4.45. The minimum atomic E-state index is -0.0274. The number of nitrogens with one attached hydrogen (secondary N) is 1. The number of hydrogen-bond acceptors (Lipinski definition) is 3. The summed E-state index contributed by atoms with van der Waals surface area (Å²) in [7, 11) is 0. The summed E-state index contributed by atoms with van der Waals surface area (Å²) in [6.07, 6.45) is 7.29. The lowest BCUT2D eigenvalue weighted by Gasteiger charge is -2.49. The molecule has 150 valence electrons. The summed E-state index contributed by atoms with van der Waals surface area (Å²) in [6.45, 7) is 11.1. The summed E-state index contributed by atoms with van der Waals surface area (Å²) >= 11 is 0. The molecule has 3 heterocycles. The number of aromatic nitrogens is 2. The van der Waals surface area contributed by atoms with Crippen LogP contribution in [0, 0.1) is 5.41 Å². The van der Waals surface area contributed by atoms with Gasteiger partial charge in [-0.2, -0.15) is 0 Å². The van der Waals surface area contributed by atoms with Crippen molar-refractivity contribution in [1.82, 2.24) is 24.7 Å². The molecule has 3 rings (SSSR count). The quantitative estimate of drug-likeness (QED) is 0.880. The minimum absolute atomic E-state index is 0.0274. The number of carbonyl (C=O) groups is 2. The van der Waals surface area contributed by atoms with Gasteiger partial charge < -0.3 is 19.7 Å². The molecular weight excluding hydrogens is 342 g/mol. The fraction of sp³-hybridized carbons (Fsp3) is 0.750. The van der Waals surface area contributed by atoms with Gasteiger partial charge in [-0.25, -0.2) is 9.78 Å². The molecule has 1 aromatic rings. The zero-order chi connectivity index (χ0) is 19.6. The van der Waals surface area contributed by atoms with Crippen molar-refractivity contribution >= 4 is 11.9 Å². The second kappa shape index (κ2) is 7.90. The molecule has 0 aromatic carbocycles. The summed E-state index contributed by atoms with van der Waals surface area (Å²) in [5, 5.41) is 3.04. The van der Waals surface area contributed by atoms with Crippen LogP contribution in [0.2, 0.25) is 0 Å². The molecule has 0 aliphatic carbocycles. The maximum Gasteiger partial charge on any atom is 0.317 e. The Balaban J connectivity index is 1.61. The van der Waals surface area contributed by atoms with Crippen molar-refractivity contribution in [2.24, 2.45) is 5.41 Å². The van der Waals surface area contributed by atoms with Crippen molar-refractivity contribution in [3.05, 3.63) is 18.2 Å². The Bertz CT molecular complexity index is 684. The van der Waals surface area contributed by atoms with Crippen LogP contribution in [0.3, 0.4) is 0 Å². The van der Waals surface area contributed by atoms with E-state index in [1.165, 1.54) is 0 Å². The molecule has 7 nitrogen and oxygen atoms in total. The van der Waals surface area contributed by atoms with Gasteiger partial charge in [0.1, 0.15) is 5.82 Å². The summed E-state index contributed by atoms with van der Waals surface area (Å²) in [5.74, 6) is 1.12. The van der Waals surface area contributed by atoms with Crippen LogP contribution in [0.5, 0.6) is 0 Å². The first-order chi connectivity index (χ1) is 12.8. The number of piperidine rings is 2. The number of hydrogen-bond donors (Lipinski definition) is 1. The van der Waals surface area contributed by atoms with Gasteiger partial charge in [-0.1, -0.05) is 0 Å². The predicted molar refractivity (Wildman–Crippen MR) is 104 cm³/mol. The summed E-state index contributed by atoms with van der Waals surface area (Å²) in [5.41, 5.74) is 0.0458. The first-order valence-corrected chi connectivity index (χ1v) is 10.2. The maximum atomic E-state index is 12.8. The van der Waals surface area contributed by atoms with Crippen LogP contribution >= 0.6 is 0 Å². The van der Waals surface area contributed by atoms with Crippen molar-refractivity contribution in [2.45, 2.75) is 72.0 Å². The predicted octanol–water partition coefficient (Wildman–Crippen LogP) is 2.79. The largest absolute Gasteiger partial charge is 0.340 e. The molecule has 2 saturated heterocycles. The standard InChI is InChI=1S/C20H33N5O2/c1-15(2)24-11-9-21-17(24)12-22-19(27)23-10-5-7-20(13-23)8-6-18(26)25(14-20)16(3)4/h9,11,15-16H,5-8,10,12-14H2,1-4H3,(H,22,27)/t20-/m1/s1. The number of carbonyl (C=O) groups excluding carboxylic acids is 2. The van der Waals surface area contributed by atoms with Gasteiger partial charge in [0, 0.05) is 55.9 Å². The third-order valence-electron chi connectivity index (χ3n) is 5.97. The third-order valence-corrected chi connectivity index (χ3v) is 5.97. The average Bonchev–Trinajstić information content (AvgIpc) is 3.11. The van der Waals surface area contributed by atoms with Gasteiger partial charge in [0.25, 0.3) is 0 Å². The highest BCUT2D eigenvalue weighted by Crippen LogP contribution is 2.39. The highest BCUT2D eigenvalue weighted by molar-refractivity contribution is 5.78. The topological polar surface area (TPSA) is 70.5 Å². The molecule has 1 aromatic heterocycles. The molecule has 1 N–H and O–H groups in total. The van der Waals surface area contributed by atoms with Crippen molar-refractivity contribution in [3.63, 3.8) is 0 Å². The molecule has 2 fully saturated rings. The second-order valence-electron chi connectivity index (χ2n) is 8.64. The highest BCUT2D eigenvalue weighted by atomic mass is 16.2. The zero-order valence-corrected chi connectivity index (χ0v) is 17.1. The molecule has 0 unspecified atom stereocenters. The van der Waals surface area contributed by atoms with E-state index in [1.807, 2.05) is 16.0 Å². The zero-order valence-electron chi connectivity index (χ0n) is 17.1. The number of rotatable bonds is 4. The van der Waals surface area contributed by atoms with Crippen molar-refractivity contribution in [1.29, 1.82) is 0 Å². The summed E-state index contributed by atoms with van der Waals surface area (Å²) in [4.78, 5) is 33.3. The Morgan fingerprint density at radius 2 is 2.00 bits per heavy atom. The van der Waals surface area contributed by atoms with Gasteiger partial charge in [0.15, 0.2) is 0 Å². The van der Waals surface area contributed by atoms with Crippen LogP contribution in [-0.2, 0) is 11.3 Å². The summed E-state index contributed by atoms with van der Waals surface area (Å²) < 4.78 is 2.07. The van der Waals surface area contributed by atoms with Crippen molar-refractivity contribution in [2.75, 3.05) is 19.6 Å². The first kappa shape index (κ1) is 19.7. The molecule has 27 heavy (non-hydrogen) atoms. The third kappa shape index (κ3) is 4.28. The van der Waals surface area contributed by atoms with Gasteiger partial charge in [-0.3, -0.25) is 4.79 Å². The molecule has 1 atom stereocenters. The monoisotopic (exact) mass is 375 g/mol. The second-order valence-corrected chi connectivity index (χ2v) is 8.64. The van der Waals surface area contributed by atoms with E-state index in [2.05, 4.69) is 42.6 Å². The fourth-order valence-electron chi connectivity index (χ4n) is 4.45. The normalized spacial score (nSPS) is 23.6. The number of likely N-dealkylation sites (tertiary alicyclic amines) is 2. The van der Waals surface area contributed by atoms with Gasteiger partial charge in [-0.15, -0.1) is 0 Å². The molecule has 3 amide bonds. The molecule has 2 aliphatic heterocycles. The van der Waals surface area contributed by atoms with Gasteiger partial charge in [0.2, 0.25) is 5.91 Å². The maximum absolute atomic E-state index is 12.8. The van der Waals surface area contributed by atoms with Crippen LogP contribution in [0.15, 0.2) is 12.4 Å². The average molecular weight is 376 g/mol. The molecule has 0 saturated carbocycles. The number of nitrogens with zero attached hydrogens (tertiary/aromatic N) is 4. The SMILES string of the molecule is CC(C)N1C[C@]2(CCCN(C(=O)NCc3nccn3C(C)C)C2)CCC1=O. The van der Waals surface area contributed by atoms with Crippen LogP contribution in [0.4, 0.5) is 4.79 Å². The van der Waals surface area contributed by atoms with Crippen LogP contribution in [0.25, 0.3) is 0 Å². The smallest absolute Gasteiger partial charge is 0.317 e. The van der Waals surface area contributed by atoms with E-state index in [0.29, 0.717) is 19.0 Å². The van der Waals surface area contributed by atoms with Crippen molar-refractivity contribution in [3.8, 4) is 0 Å². The summed E-state index contributed by atoms with van der Waals surface area (Å²) in [6, 6.07) is 0.508. The van der Waals surface area contributed by atoms with Gasteiger partial charge >= 0.3 is 6.03 Å². The molecule has 1 spiro atoms. The lowest BCUT2D eigenvalue weighted by atomic mass is 9.73. The van der Waals surface area contributed by atoms with E-state index < -0.39 is 0 Å². The van der Waals surface area contributed by atoms with E-state index in [1.54, 1.807) is 6.20 Å². The minimum Gasteiger partial charge on any atom is -0.340 e. The van der Waals surface area contributed by atoms with Crippen LogP contribution < -0.4 is 5.32 Å². The molecule has 7 heteroatoms. The Morgan fingerprint density at radius 1 is 1.22 bits per heavy atom. The van der Waals surface area contributed by atoms with E-state index >= 15 is 0 Å². The van der Waals surface area contributed by atoms with Gasteiger partial charge in [0.05, 0.1) is 6.54 Å². The van der Waals surface area contributed by atoms with E-state index in [9.17, 15) is 9.59 Å². The lowest BCUT2D eigenvalue weighted by Crippen LogP contribution is -2.57. The van der Waals surface area contributed by atoms with Gasteiger partial charge in [-0.05, 0) is 47.0 Å². The van der Waals surface area contributed by atoms with Crippen molar-refractivity contribution < 1.29 is 9.59 Å². The number of amides is 3. The number of imidazole rings is 1. The Morgan fingerprint density at radius 3 is 2.70 bits per heavy atom. The van der Waals surface area contributed by atoms with E-state index in [4.69, 9.17) is 0 Å². The Hall–Kier alpha value is -2.05. The Kier molecular flexibility index (Phi) is 5.77. The van der Waals surface area contributed by atoms with E-state index in [0.717, 1.165) is 44.7 Å². The van der Waals surface area contributed by atoms with E-state index in [-0.39, 0.29) is 23.4 Å². The van der Waals surface area contributed by atoms with Crippen LogP contribution in [0.1, 0.15) is 65.2 Å². The van der Waals surface area contributed by atoms with Crippen LogP contribution in [-0.4, -0.2) is 57.0 Å². The molecule has 0 radical (unpaired) electrons. The molecule has 0 bridgehead atoms. The Labute approximate surface area is 162 Å². The number of urea groups is 1. The lowest BCUT2D eigenvalue weighted by molar-refractivity contribution is -0.141. The highest BCUT2D eigenvalue weighted by Gasteiger charge is 2.43.